The Bertz CT molecular complexity index is 934. The molecule has 210 valence electrons. The summed E-state index contributed by atoms with van der Waals surface area (Å²) in [5, 5.41) is 16.4. The summed E-state index contributed by atoms with van der Waals surface area (Å²) in [7, 11) is 0. The van der Waals surface area contributed by atoms with Gasteiger partial charge in [0.1, 0.15) is 0 Å². The quantitative estimate of drug-likeness (QED) is 0.209. The van der Waals surface area contributed by atoms with Gasteiger partial charge in [-0.2, -0.15) is 0 Å². The first-order chi connectivity index (χ1) is 17.1. The zero-order chi connectivity index (χ0) is 27.8. The third kappa shape index (κ3) is 30.3. The van der Waals surface area contributed by atoms with Crippen LogP contribution in [0.5, 0.6) is 0 Å². The summed E-state index contributed by atoms with van der Waals surface area (Å²) in [4.78, 5) is 21.4. The zero-order valence-corrected chi connectivity index (χ0v) is 21.8. The van der Waals surface area contributed by atoms with E-state index in [0.717, 1.165) is 11.1 Å². The fourth-order valence-electron chi connectivity index (χ4n) is 2.37. The van der Waals surface area contributed by atoms with Gasteiger partial charge in [0.2, 0.25) is 0 Å². The molecule has 2 N–H and O–H groups in total. The molecule has 0 amide bonds. The van der Waals surface area contributed by atoms with Gasteiger partial charge in [-0.3, -0.25) is 9.59 Å². The number of carbonyl (C=O) groups is 2. The van der Waals surface area contributed by atoms with E-state index in [1.165, 1.54) is 5.56 Å². The van der Waals surface area contributed by atoms with Crippen molar-refractivity contribution in [2.45, 2.75) is 74.5 Å². The Morgan fingerprint density at radius 3 is 1.32 bits per heavy atom. The first-order valence-electron chi connectivity index (χ1n) is 11.5. The van der Waals surface area contributed by atoms with Crippen molar-refractivity contribution in [3.05, 3.63) is 114 Å². The zero-order valence-electron chi connectivity index (χ0n) is 21.8. The standard InChI is InChI=1S/C11H14O2.C8H8O2.C7H8.C3H8O.CO.2CH4/c1-9(2)13-11(12)8-10-6-4-3-5-7-10;9-8(10)6-7-4-2-1-3-5-7;1-7-5-3-2-4-6-7;1-3(2)4;1-2;;/h3-7,9H,8H2,1-2H3;1-5H,6H2,(H,9,10);2-6H,1H3;3-4H,1-2H3;;2*1H4. The molecule has 0 aliphatic rings. The first-order valence-corrected chi connectivity index (χ1v) is 11.5. The Morgan fingerprint density at radius 2 is 1.05 bits per heavy atom. The van der Waals surface area contributed by atoms with Crippen molar-refractivity contribution in [3.63, 3.8) is 0 Å². The predicted octanol–water partition coefficient (Wildman–Crippen LogP) is 7.11. The number of esters is 1. The molecule has 6 heteroatoms. The fraction of sp³-hybridized carbons (Fsp3) is 0.344. The minimum atomic E-state index is -0.786. The molecule has 0 radical (unpaired) electrons. The van der Waals surface area contributed by atoms with Gasteiger partial charge < -0.3 is 14.9 Å². The molecule has 0 atom stereocenters. The molecule has 0 saturated heterocycles. The third-order valence-electron chi connectivity index (χ3n) is 3.70. The Morgan fingerprint density at radius 1 is 0.737 bits per heavy atom. The van der Waals surface area contributed by atoms with E-state index >= 15 is 0 Å². The van der Waals surface area contributed by atoms with Crippen LogP contribution < -0.4 is 0 Å². The fourth-order valence-corrected chi connectivity index (χ4v) is 2.37. The summed E-state index contributed by atoms with van der Waals surface area (Å²) in [6, 6.07) is 29.0. The first kappa shape index (κ1) is 41.4. The molecule has 0 bridgehead atoms. The Balaban J connectivity index is -0.000000207. The van der Waals surface area contributed by atoms with E-state index in [2.05, 4.69) is 25.7 Å². The normalized spacial score (nSPS) is 8.47. The molecule has 0 spiro atoms. The van der Waals surface area contributed by atoms with Crippen LogP contribution in [0, 0.1) is 13.6 Å². The number of aliphatic hydroxyl groups excluding tert-OH is 1. The number of benzene rings is 3. The van der Waals surface area contributed by atoms with Crippen LogP contribution in [-0.2, 0) is 31.8 Å². The van der Waals surface area contributed by atoms with Crippen LogP contribution in [0.15, 0.2) is 91.0 Å². The van der Waals surface area contributed by atoms with E-state index in [9.17, 15) is 9.59 Å². The van der Waals surface area contributed by atoms with Crippen molar-refractivity contribution in [2.24, 2.45) is 0 Å². The summed E-state index contributed by atoms with van der Waals surface area (Å²) < 4.78 is 12.5. The predicted molar refractivity (Wildman–Crippen MR) is 155 cm³/mol. The molecule has 0 aromatic heterocycles. The number of carboxylic acid groups (broad SMARTS) is 1. The summed E-state index contributed by atoms with van der Waals surface area (Å²) in [6.07, 6.45) is 0.274. The number of aliphatic carboxylic acids is 1. The summed E-state index contributed by atoms with van der Waals surface area (Å²) in [6.45, 7) is 13.7. The van der Waals surface area contributed by atoms with Gasteiger partial charge in [0.05, 0.1) is 18.9 Å². The number of carboxylic acids is 1. The van der Waals surface area contributed by atoms with Gasteiger partial charge in [-0.15, -0.1) is 0 Å². The van der Waals surface area contributed by atoms with Crippen LogP contribution in [0.4, 0.5) is 0 Å². The second kappa shape index (κ2) is 27.9. The van der Waals surface area contributed by atoms with Gasteiger partial charge in [0, 0.05) is 6.10 Å². The molecule has 0 saturated carbocycles. The second-order valence-corrected chi connectivity index (χ2v) is 8.01. The van der Waals surface area contributed by atoms with Crippen molar-refractivity contribution in [2.75, 3.05) is 0 Å². The van der Waals surface area contributed by atoms with Crippen LogP contribution in [0.3, 0.4) is 0 Å². The molecule has 0 unspecified atom stereocenters. The Labute approximate surface area is 230 Å². The van der Waals surface area contributed by atoms with Crippen LogP contribution in [0.2, 0.25) is 0 Å². The van der Waals surface area contributed by atoms with E-state index in [-0.39, 0.29) is 39.5 Å². The Hall–Kier alpha value is -3.70. The summed E-state index contributed by atoms with van der Waals surface area (Å²) >= 11 is 0. The average molecular weight is 527 g/mol. The third-order valence-corrected chi connectivity index (χ3v) is 3.70. The van der Waals surface area contributed by atoms with Crippen molar-refractivity contribution in [1.82, 2.24) is 0 Å². The SMILES string of the molecule is C.C.CC(C)O.CC(C)OC(=O)Cc1ccccc1.Cc1ccccc1.O=C(O)Cc1ccccc1.[C-]#[O+]. The minimum absolute atomic E-state index is 0. The van der Waals surface area contributed by atoms with E-state index in [1.807, 2.05) is 80.6 Å². The average Bonchev–Trinajstić information content (AvgIpc) is 2.82. The molecule has 0 heterocycles. The number of hydrogen-bond donors (Lipinski definition) is 2. The summed E-state index contributed by atoms with van der Waals surface area (Å²) in [5.74, 6) is -0.951. The van der Waals surface area contributed by atoms with Crippen LogP contribution in [0.25, 0.3) is 0 Å². The Kier molecular flexibility index (Phi) is 30.4. The summed E-state index contributed by atoms with van der Waals surface area (Å²) in [5.41, 5.74) is 3.16. The van der Waals surface area contributed by atoms with Gasteiger partial charge >= 0.3 is 23.2 Å². The molecule has 0 aliphatic carbocycles. The van der Waals surface area contributed by atoms with Gasteiger partial charge in [-0.25, -0.2) is 0 Å². The maximum absolute atomic E-state index is 11.2. The van der Waals surface area contributed by atoms with Crippen LogP contribution in [-0.4, -0.2) is 34.4 Å². The van der Waals surface area contributed by atoms with Crippen LogP contribution in [0.1, 0.15) is 59.2 Å². The monoisotopic (exact) mass is 526 g/mol. The second-order valence-electron chi connectivity index (χ2n) is 8.01. The van der Waals surface area contributed by atoms with Gasteiger partial charge in [-0.05, 0) is 45.7 Å². The topological polar surface area (TPSA) is 104 Å². The van der Waals surface area contributed by atoms with Crippen molar-refractivity contribution >= 4 is 11.9 Å². The van der Waals surface area contributed by atoms with Crippen molar-refractivity contribution < 1.29 is 29.2 Å². The molecular weight excluding hydrogens is 480 g/mol. The van der Waals surface area contributed by atoms with Crippen molar-refractivity contribution in [1.29, 1.82) is 0 Å². The number of aliphatic hydroxyl groups is 1. The van der Waals surface area contributed by atoms with E-state index in [1.54, 1.807) is 26.0 Å². The number of aryl methyl sites for hydroxylation is 1. The molecule has 6 nitrogen and oxygen atoms in total. The maximum atomic E-state index is 11.2. The molecule has 3 aromatic carbocycles. The number of carbonyl (C=O) groups excluding carboxylic acids is 1. The van der Waals surface area contributed by atoms with E-state index < -0.39 is 5.97 Å². The van der Waals surface area contributed by atoms with Gasteiger partial charge in [0.15, 0.2) is 0 Å². The van der Waals surface area contributed by atoms with Crippen LogP contribution >= 0.6 is 0 Å². The number of hydrogen-bond acceptors (Lipinski definition) is 4. The number of ether oxygens (including phenoxy) is 1. The molecule has 3 aromatic rings. The molecule has 0 fully saturated rings. The number of rotatable bonds is 5. The van der Waals surface area contributed by atoms with Crippen molar-refractivity contribution in [3.8, 4) is 0 Å². The molecule has 3 rings (SSSR count). The van der Waals surface area contributed by atoms with Gasteiger partial charge in [0.25, 0.3) is 0 Å². The molecular formula is C32H46O6. The van der Waals surface area contributed by atoms with E-state index in [4.69, 9.17) is 19.6 Å². The van der Waals surface area contributed by atoms with Gasteiger partial charge in [-0.1, -0.05) is 111 Å². The van der Waals surface area contributed by atoms with E-state index in [0.29, 0.717) is 6.42 Å². The molecule has 0 aliphatic heterocycles. The molecule has 38 heavy (non-hydrogen) atoms.